The fourth-order valence-electron chi connectivity index (χ4n) is 2.00. The summed E-state index contributed by atoms with van der Waals surface area (Å²) in [6.45, 7) is 6.39. The van der Waals surface area contributed by atoms with E-state index in [1.54, 1.807) is 0 Å². The van der Waals surface area contributed by atoms with E-state index in [0.29, 0.717) is 6.04 Å². The second kappa shape index (κ2) is 3.89. The maximum absolute atomic E-state index is 4.26. The van der Waals surface area contributed by atoms with E-state index in [9.17, 15) is 0 Å². The lowest BCUT2D eigenvalue weighted by Gasteiger charge is -2.17. The summed E-state index contributed by atoms with van der Waals surface area (Å²) in [4.78, 5) is 4.26. The molecule has 0 aliphatic rings. The molecule has 1 aromatic heterocycles. The molecule has 78 valence electrons. The average Bonchev–Trinajstić information content (AvgIpc) is 2.64. The van der Waals surface area contributed by atoms with Crippen LogP contribution in [0.5, 0.6) is 0 Å². The standard InChI is InChI=1S/C13H16N2/c1-10-6-4-5-7-13(10)11(2)15-9-8-14-12(15)3/h4-9,11H,1-3H3. The van der Waals surface area contributed by atoms with E-state index in [1.165, 1.54) is 11.1 Å². The van der Waals surface area contributed by atoms with E-state index in [1.807, 2.05) is 19.3 Å². The molecule has 15 heavy (non-hydrogen) atoms. The highest BCUT2D eigenvalue weighted by molar-refractivity contribution is 5.29. The Morgan fingerprint density at radius 3 is 2.53 bits per heavy atom. The Bertz CT molecular complexity index is 457. The Balaban J connectivity index is 2.41. The predicted octanol–water partition coefficient (Wildman–Crippen LogP) is 3.11. The van der Waals surface area contributed by atoms with Gasteiger partial charge in [-0.25, -0.2) is 4.98 Å². The molecule has 0 aliphatic heterocycles. The highest BCUT2D eigenvalue weighted by Gasteiger charge is 2.10. The molecule has 0 amide bonds. The second-order valence-electron chi connectivity index (χ2n) is 3.91. The summed E-state index contributed by atoms with van der Waals surface area (Å²) in [5.41, 5.74) is 2.69. The number of hydrogen-bond acceptors (Lipinski definition) is 1. The van der Waals surface area contributed by atoms with E-state index < -0.39 is 0 Å². The Kier molecular flexibility index (Phi) is 2.58. The molecule has 2 heteroatoms. The van der Waals surface area contributed by atoms with E-state index in [2.05, 4.69) is 47.7 Å². The smallest absolute Gasteiger partial charge is 0.106 e. The van der Waals surface area contributed by atoms with Crippen LogP contribution in [0.2, 0.25) is 0 Å². The maximum Gasteiger partial charge on any atom is 0.106 e. The lowest BCUT2D eigenvalue weighted by molar-refractivity contribution is 0.616. The van der Waals surface area contributed by atoms with Crippen molar-refractivity contribution in [3.05, 3.63) is 53.6 Å². The molecule has 1 aromatic carbocycles. The molecule has 0 radical (unpaired) electrons. The maximum atomic E-state index is 4.26. The van der Waals surface area contributed by atoms with Crippen LogP contribution in [0, 0.1) is 13.8 Å². The molecule has 0 fully saturated rings. The zero-order valence-corrected chi connectivity index (χ0v) is 9.44. The Hall–Kier alpha value is -1.57. The van der Waals surface area contributed by atoms with Crippen molar-refractivity contribution in [2.75, 3.05) is 0 Å². The van der Waals surface area contributed by atoms with Gasteiger partial charge in [0.05, 0.1) is 6.04 Å². The van der Waals surface area contributed by atoms with Gasteiger partial charge in [0.2, 0.25) is 0 Å². The van der Waals surface area contributed by atoms with Crippen molar-refractivity contribution in [2.45, 2.75) is 26.8 Å². The largest absolute Gasteiger partial charge is 0.328 e. The fourth-order valence-corrected chi connectivity index (χ4v) is 2.00. The number of aryl methyl sites for hydroxylation is 2. The number of rotatable bonds is 2. The summed E-state index contributed by atoms with van der Waals surface area (Å²) in [7, 11) is 0. The van der Waals surface area contributed by atoms with Crippen LogP contribution >= 0.6 is 0 Å². The molecule has 0 saturated heterocycles. The molecule has 0 spiro atoms. The first kappa shape index (κ1) is 9.97. The molecule has 0 bridgehead atoms. The quantitative estimate of drug-likeness (QED) is 0.728. The highest BCUT2D eigenvalue weighted by Crippen LogP contribution is 2.21. The zero-order valence-electron chi connectivity index (χ0n) is 9.44. The van der Waals surface area contributed by atoms with Crippen molar-refractivity contribution in [1.82, 2.24) is 9.55 Å². The van der Waals surface area contributed by atoms with Crippen molar-refractivity contribution in [1.29, 1.82) is 0 Å². The zero-order chi connectivity index (χ0) is 10.8. The van der Waals surface area contributed by atoms with Crippen LogP contribution in [-0.4, -0.2) is 9.55 Å². The minimum atomic E-state index is 0.355. The third kappa shape index (κ3) is 1.80. The topological polar surface area (TPSA) is 17.8 Å². The Labute approximate surface area is 90.6 Å². The number of benzene rings is 1. The van der Waals surface area contributed by atoms with Gasteiger partial charge >= 0.3 is 0 Å². The first-order valence-electron chi connectivity index (χ1n) is 5.25. The van der Waals surface area contributed by atoms with Crippen LogP contribution in [0.15, 0.2) is 36.7 Å². The van der Waals surface area contributed by atoms with E-state index in [4.69, 9.17) is 0 Å². The fraction of sp³-hybridized carbons (Fsp3) is 0.308. The van der Waals surface area contributed by atoms with Gasteiger partial charge in [-0.2, -0.15) is 0 Å². The number of nitrogens with zero attached hydrogens (tertiary/aromatic N) is 2. The molecule has 2 rings (SSSR count). The van der Waals surface area contributed by atoms with Gasteiger partial charge in [0, 0.05) is 12.4 Å². The summed E-state index contributed by atoms with van der Waals surface area (Å²) in [5, 5.41) is 0. The lowest BCUT2D eigenvalue weighted by atomic mass is 10.0. The molecule has 2 aromatic rings. The van der Waals surface area contributed by atoms with Gasteiger partial charge < -0.3 is 4.57 Å². The van der Waals surface area contributed by atoms with Gasteiger partial charge in [-0.15, -0.1) is 0 Å². The van der Waals surface area contributed by atoms with Gasteiger partial charge in [0.1, 0.15) is 5.82 Å². The van der Waals surface area contributed by atoms with Crippen molar-refractivity contribution in [3.8, 4) is 0 Å². The van der Waals surface area contributed by atoms with Gasteiger partial charge in [-0.3, -0.25) is 0 Å². The third-order valence-electron chi connectivity index (χ3n) is 2.92. The first-order chi connectivity index (χ1) is 7.20. The molecular formula is C13H16N2. The molecule has 0 N–H and O–H groups in total. The monoisotopic (exact) mass is 200 g/mol. The number of hydrogen-bond donors (Lipinski definition) is 0. The lowest BCUT2D eigenvalue weighted by Crippen LogP contribution is -2.08. The highest BCUT2D eigenvalue weighted by atomic mass is 15.1. The molecule has 1 heterocycles. The van der Waals surface area contributed by atoms with E-state index >= 15 is 0 Å². The van der Waals surface area contributed by atoms with Crippen LogP contribution < -0.4 is 0 Å². The minimum absolute atomic E-state index is 0.355. The summed E-state index contributed by atoms with van der Waals surface area (Å²) >= 11 is 0. The Morgan fingerprint density at radius 2 is 1.93 bits per heavy atom. The average molecular weight is 200 g/mol. The Morgan fingerprint density at radius 1 is 1.20 bits per heavy atom. The molecule has 0 aliphatic carbocycles. The van der Waals surface area contributed by atoms with Gasteiger partial charge in [0.15, 0.2) is 0 Å². The van der Waals surface area contributed by atoms with E-state index in [-0.39, 0.29) is 0 Å². The van der Waals surface area contributed by atoms with Crippen LogP contribution in [0.3, 0.4) is 0 Å². The minimum Gasteiger partial charge on any atom is -0.328 e. The molecule has 1 unspecified atom stereocenters. The first-order valence-corrected chi connectivity index (χ1v) is 5.25. The van der Waals surface area contributed by atoms with Gasteiger partial charge in [-0.1, -0.05) is 24.3 Å². The predicted molar refractivity (Wildman–Crippen MR) is 62.0 cm³/mol. The van der Waals surface area contributed by atoms with Crippen molar-refractivity contribution < 1.29 is 0 Å². The van der Waals surface area contributed by atoms with Crippen molar-refractivity contribution in [2.24, 2.45) is 0 Å². The second-order valence-corrected chi connectivity index (χ2v) is 3.91. The van der Waals surface area contributed by atoms with E-state index in [0.717, 1.165) is 5.82 Å². The summed E-state index contributed by atoms with van der Waals surface area (Å²) in [6.07, 6.45) is 3.89. The van der Waals surface area contributed by atoms with Crippen molar-refractivity contribution in [3.63, 3.8) is 0 Å². The summed E-state index contributed by atoms with van der Waals surface area (Å²) in [6, 6.07) is 8.85. The summed E-state index contributed by atoms with van der Waals surface area (Å²) < 4.78 is 2.20. The third-order valence-corrected chi connectivity index (χ3v) is 2.92. The molecule has 0 saturated carbocycles. The van der Waals surface area contributed by atoms with Crippen LogP contribution in [0.25, 0.3) is 0 Å². The SMILES string of the molecule is Cc1ccccc1C(C)n1ccnc1C. The van der Waals surface area contributed by atoms with Crippen LogP contribution in [-0.2, 0) is 0 Å². The normalized spacial score (nSPS) is 12.7. The molecular weight excluding hydrogens is 184 g/mol. The number of aromatic nitrogens is 2. The number of imidazole rings is 1. The molecule has 1 atom stereocenters. The molecule has 2 nitrogen and oxygen atoms in total. The summed E-state index contributed by atoms with van der Waals surface area (Å²) in [5.74, 6) is 1.06. The van der Waals surface area contributed by atoms with Gasteiger partial charge in [-0.05, 0) is 31.9 Å². The van der Waals surface area contributed by atoms with Gasteiger partial charge in [0.25, 0.3) is 0 Å². The van der Waals surface area contributed by atoms with Crippen molar-refractivity contribution >= 4 is 0 Å². The van der Waals surface area contributed by atoms with Crippen LogP contribution in [0.4, 0.5) is 0 Å². The van der Waals surface area contributed by atoms with Crippen LogP contribution in [0.1, 0.15) is 29.9 Å².